The van der Waals surface area contributed by atoms with E-state index in [1.165, 1.54) is 0 Å². The zero-order chi connectivity index (χ0) is 10.8. The van der Waals surface area contributed by atoms with E-state index in [9.17, 15) is 4.79 Å². The van der Waals surface area contributed by atoms with Gasteiger partial charge in [0.25, 0.3) is 0 Å². The number of nitrogens with one attached hydrogen (secondary N) is 2. The summed E-state index contributed by atoms with van der Waals surface area (Å²) >= 11 is 0. The van der Waals surface area contributed by atoms with Crippen LogP contribution in [0.2, 0.25) is 0 Å². The number of Topliss-reactive ketones (excluding diaryl/α,β-unsaturated/α-hetero) is 1. The first-order valence-corrected chi connectivity index (χ1v) is 5.30. The van der Waals surface area contributed by atoms with Gasteiger partial charge in [-0.25, -0.2) is 0 Å². The fourth-order valence-corrected chi connectivity index (χ4v) is 1.16. The lowest BCUT2D eigenvalue weighted by molar-refractivity contribution is -0.118. The van der Waals surface area contributed by atoms with Gasteiger partial charge >= 0.3 is 0 Å². The Balaban J connectivity index is 3.15. The van der Waals surface area contributed by atoms with Crippen molar-refractivity contribution >= 4 is 5.78 Å². The van der Waals surface area contributed by atoms with E-state index < -0.39 is 0 Å². The summed E-state index contributed by atoms with van der Waals surface area (Å²) in [5, 5.41) is 6.25. The average Bonchev–Trinajstić information content (AvgIpc) is 2.10. The van der Waals surface area contributed by atoms with Gasteiger partial charge in [-0.2, -0.15) is 0 Å². The lowest BCUT2D eigenvalue weighted by atomic mass is 10.1. The molecule has 0 unspecified atom stereocenters. The number of hydrogen-bond donors (Lipinski definition) is 3. The fraction of sp³-hybridized carbons (Fsp3) is 0.900. The Morgan fingerprint density at radius 1 is 1.21 bits per heavy atom. The molecule has 0 aromatic carbocycles. The van der Waals surface area contributed by atoms with Crippen molar-refractivity contribution in [3.63, 3.8) is 0 Å². The molecule has 0 atom stereocenters. The molecule has 4 nitrogen and oxygen atoms in total. The first-order chi connectivity index (χ1) is 6.66. The van der Waals surface area contributed by atoms with Crippen LogP contribution in [0.15, 0.2) is 0 Å². The lowest BCUT2D eigenvalue weighted by Gasteiger charge is -2.06. The molecule has 0 aromatic rings. The van der Waals surface area contributed by atoms with E-state index in [0.29, 0.717) is 31.2 Å². The molecular weight excluding hydrogens is 178 g/mol. The number of ketones is 1. The van der Waals surface area contributed by atoms with Gasteiger partial charge in [-0.05, 0) is 5.92 Å². The molecule has 0 fully saturated rings. The number of carbonyl (C=O) groups excluding carboxylic acids is 1. The van der Waals surface area contributed by atoms with Crippen LogP contribution in [0.1, 0.15) is 20.3 Å². The van der Waals surface area contributed by atoms with E-state index in [1.54, 1.807) is 0 Å². The molecule has 0 rings (SSSR count). The largest absolute Gasteiger partial charge is 0.329 e. The number of nitrogens with two attached hydrogens (primary N) is 1. The Morgan fingerprint density at radius 3 is 2.43 bits per heavy atom. The summed E-state index contributed by atoms with van der Waals surface area (Å²) in [6.45, 7) is 7.79. The Hall–Kier alpha value is -0.450. The SMILES string of the molecule is CC(C)CC(=O)CNCCNCCN. The van der Waals surface area contributed by atoms with Crippen molar-refractivity contribution in [1.29, 1.82) is 0 Å². The van der Waals surface area contributed by atoms with Crippen molar-refractivity contribution in [3.05, 3.63) is 0 Å². The highest BCUT2D eigenvalue weighted by Crippen LogP contribution is 1.98. The quantitative estimate of drug-likeness (QED) is 0.450. The second-order valence-electron chi connectivity index (χ2n) is 3.85. The zero-order valence-electron chi connectivity index (χ0n) is 9.31. The Morgan fingerprint density at radius 2 is 1.86 bits per heavy atom. The van der Waals surface area contributed by atoms with Crippen LogP contribution in [-0.2, 0) is 4.79 Å². The van der Waals surface area contributed by atoms with Crippen LogP contribution in [-0.4, -0.2) is 38.5 Å². The van der Waals surface area contributed by atoms with E-state index in [4.69, 9.17) is 5.73 Å². The third-order valence-corrected chi connectivity index (χ3v) is 1.76. The van der Waals surface area contributed by atoms with Gasteiger partial charge in [0.15, 0.2) is 0 Å². The molecule has 0 heterocycles. The Labute approximate surface area is 86.6 Å². The summed E-state index contributed by atoms with van der Waals surface area (Å²) in [6.07, 6.45) is 0.670. The minimum atomic E-state index is 0.291. The van der Waals surface area contributed by atoms with Crippen molar-refractivity contribution in [2.24, 2.45) is 11.7 Å². The van der Waals surface area contributed by atoms with Gasteiger partial charge in [-0.15, -0.1) is 0 Å². The van der Waals surface area contributed by atoms with Crippen LogP contribution in [0.4, 0.5) is 0 Å². The molecule has 0 aliphatic rings. The summed E-state index contributed by atoms with van der Waals surface area (Å²) in [5.41, 5.74) is 5.31. The van der Waals surface area contributed by atoms with Crippen LogP contribution in [0, 0.1) is 5.92 Å². The van der Waals surface area contributed by atoms with Gasteiger partial charge in [0.2, 0.25) is 0 Å². The highest BCUT2D eigenvalue weighted by molar-refractivity contribution is 5.80. The second kappa shape index (κ2) is 9.12. The molecule has 0 saturated carbocycles. The maximum absolute atomic E-state index is 11.2. The lowest BCUT2D eigenvalue weighted by Crippen LogP contribution is -2.33. The predicted octanol–water partition coefficient (Wildman–Crippen LogP) is -0.260. The zero-order valence-corrected chi connectivity index (χ0v) is 9.31. The minimum Gasteiger partial charge on any atom is -0.329 e. The molecule has 0 aromatic heterocycles. The number of hydrogen-bond acceptors (Lipinski definition) is 4. The summed E-state index contributed by atoms with van der Waals surface area (Å²) in [4.78, 5) is 11.2. The second-order valence-corrected chi connectivity index (χ2v) is 3.85. The van der Waals surface area contributed by atoms with Gasteiger partial charge in [0.05, 0.1) is 6.54 Å². The molecule has 4 heteroatoms. The summed E-state index contributed by atoms with van der Waals surface area (Å²) in [7, 11) is 0. The first kappa shape index (κ1) is 13.5. The highest BCUT2D eigenvalue weighted by Gasteiger charge is 2.03. The van der Waals surface area contributed by atoms with E-state index >= 15 is 0 Å². The van der Waals surface area contributed by atoms with Crippen molar-refractivity contribution in [1.82, 2.24) is 10.6 Å². The summed E-state index contributed by atoms with van der Waals surface area (Å²) in [5.74, 6) is 0.749. The molecule has 0 bridgehead atoms. The molecule has 0 amide bonds. The van der Waals surface area contributed by atoms with E-state index in [0.717, 1.165) is 19.6 Å². The van der Waals surface area contributed by atoms with Crippen molar-refractivity contribution in [2.75, 3.05) is 32.7 Å². The normalized spacial score (nSPS) is 10.9. The molecular formula is C10H23N3O. The van der Waals surface area contributed by atoms with E-state index in [2.05, 4.69) is 24.5 Å². The van der Waals surface area contributed by atoms with Gasteiger partial charge in [-0.1, -0.05) is 13.8 Å². The summed E-state index contributed by atoms with van der Waals surface area (Å²) < 4.78 is 0. The highest BCUT2D eigenvalue weighted by atomic mass is 16.1. The van der Waals surface area contributed by atoms with Gasteiger partial charge in [0, 0.05) is 32.6 Å². The van der Waals surface area contributed by atoms with Crippen molar-refractivity contribution in [2.45, 2.75) is 20.3 Å². The van der Waals surface area contributed by atoms with Crippen LogP contribution in [0.5, 0.6) is 0 Å². The van der Waals surface area contributed by atoms with Gasteiger partial charge in [0.1, 0.15) is 5.78 Å². The van der Waals surface area contributed by atoms with Crippen molar-refractivity contribution < 1.29 is 4.79 Å². The maximum atomic E-state index is 11.2. The van der Waals surface area contributed by atoms with Crippen LogP contribution >= 0.6 is 0 Å². The van der Waals surface area contributed by atoms with Crippen LogP contribution < -0.4 is 16.4 Å². The molecule has 0 radical (unpaired) electrons. The molecule has 84 valence electrons. The van der Waals surface area contributed by atoms with E-state index in [1.807, 2.05) is 0 Å². The average molecular weight is 201 g/mol. The number of rotatable bonds is 9. The smallest absolute Gasteiger partial charge is 0.146 e. The van der Waals surface area contributed by atoms with Gasteiger partial charge < -0.3 is 16.4 Å². The first-order valence-electron chi connectivity index (χ1n) is 5.30. The third-order valence-electron chi connectivity index (χ3n) is 1.76. The molecule has 0 aliphatic carbocycles. The monoisotopic (exact) mass is 201 g/mol. The summed E-state index contributed by atoms with van der Waals surface area (Å²) in [6, 6.07) is 0. The van der Waals surface area contributed by atoms with Crippen LogP contribution in [0.25, 0.3) is 0 Å². The standard InChI is InChI=1S/C10H23N3O/c1-9(2)7-10(14)8-13-6-5-12-4-3-11/h9,12-13H,3-8,11H2,1-2H3. The van der Waals surface area contributed by atoms with Crippen molar-refractivity contribution in [3.8, 4) is 0 Å². The molecule has 0 spiro atoms. The molecule has 0 aliphatic heterocycles. The Kier molecular flexibility index (Phi) is 8.83. The molecule has 14 heavy (non-hydrogen) atoms. The van der Waals surface area contributed by atoms with E-state index in [-0.39, 0.29) is 0 Å². The fourth-order valence-electron chi connectivity index (χ4n) is 1.16. The number of carbonyl (C=O) groups is 1. The predicted molar refractivity (Wildman–Crippen MR) is 59.3 cm³/mol. The minimum absolute atomic E-state index is 0.291. The topological polar surface area (TPSA) is 67.2 Å². The maximum Gasteiger partial charge on any atom is 0.146 e. The molecule has 4 N–H and O–H groups in total. The molecule has 0 saturated heterocycles. The van der Waals surface area contributed by atoms with Crippen LogP contribution in [0.3, 0.4) is 0 Å². The Bertz CT molecular complexity index is 148. The van der Waals surface area contributed by atoms with Gasteiger partial charge in [-0.3, -0.25) is 4.79 Å². The third kappa shape index (κ3) is 9.64.